The van der Waals surface area contributed by atoms with Crippen LogP contribution in [-0.2, 0) is 0 Å². The van der Waals surface area contributed by atoms with Gasteiger partial charge in [-0.15, -0.1) is 0 Å². The third kappa shape index (κ3) is 2.16. The summed E-state index contributed by atoms with van der Waals surface area (Å²) in [5, 5.41) is 0.583. The van der Waals surface area contributed by atoms with Gasteiger partial charge in [-0.25, -0.2) is 4.98 Å². The van der Waals surface area contributed by atoms with Gasteiger partial charge in [0.2, 0.25) is 0 Å². The van der Waals surface area contributed by atoms with Crippen molar-refractivity contribution in [2.75, 3.05) is 18.0 Å². The molecule has 1 saturated heterocycles. The lowest BCUT2D eigenvalue weighted by Crippen LogP contribution is -2.21. The van der Waals surface area contributed by atoms with Crippen LogP contribution in [0.3, 0.4) is 0 Å². The second-order valence-corrected chi connectivity index (χ2v) is 5.77. The Morgan fingerprint density at radius 3 is 2.50 bits per heavy atom. The summed E-state index contributed by atoms with van der Waals surface area (Å²) in [5.41, 5.74) is 3.73. The molecule has 2 heterocycles. The van der Waals surface area contributed by atoms with Crippen molar-refractivity contribution in [2.45, 2.75) is 26.7 Å². The standard InChI is InChI=1S/C16H17ClN2O/c1-10-5-6-11(2)14-12(10)9-13(15(17)20)16(18-14)19-7-3-4-8-19/h5-6,9H,3-4,7-8H2,1-2H3. The van der Waals surface area contributed by atoms with Gasteiger partial charge in [0.1, 0.15) is 5.82 Å². The second kappa shape index (κ2) is 5.06. The molecule has 0 N–H and O–H groups in total. The summed E-state index contributed by atoms with van der Waals surface area (Å²) in [6.45, 7) is 5.97. The van der Waals surface area contributed by atoms with E-state index in [4.69, 9.17) is 16.6 Å². The predicted octanol–water partition coefficient (Wildman–Crippen LogP) is 3.83. The van der Waals surface area contributed by atoms with Gasteiger partial charge >= 0.3 is 0 Å². The Bertz CT molecular complexity index is 690. The molecule has 1 fully saturated rings. The molecule has 104 valence electrons. The highest BCUT2D eigenvalue weighted by Crippen LogP contribution is 2.30. The van der Waals surface area contributed by atoms with Gasteiger partial charge in [0.25, 0.3) is 5.24 Å². The molecule has 1 aromatic carbocycles. The molecule has 0 radical (unpaired) electrons. The molecular weight excluding hydrogens is 272 g/mol. The summed E-state index contributed by atoms with van der Waals surface area (Å²) in [6, 6.07) is 6.02. The SMILES string of the molecule is Cc1ccc(C)c2nc(N3CCCC3)c(C(=O)Cl)cc12. The Labute approximate surface area is 123 Å². The van der Waals surface area contributed by atoms with Crippen molar-refractivity contribution < 1.29 is 4.79 Å². The number of carbonyl (C=O) groups is 1. The number of fused-ring (bicyclic) bond motifs is 1. The fourth-order valence-corrected chi connectivity index (χ4v) is 2.98. The van der Waals surface area contributed by atoms with Crippen molar-refractivity contribution >= 4 is 33.6 Å². The minimum absolute atomic E-state index is 0.429. The van der Waals surface area contributed by atoms with E-state index in [1.807, 2.05) is 19.9 Å². The lowest BCUT2D eigenvalue weighted by molar-refractivity contribution is 0.108. The molecule has 0 atom stereocenters. The first kappa shape index (κ1) is 13.4. The highest BCUT2D eigenvalue weighted by molar-refractivity contribution is 6.68. The maximum absolute atomic E-state index is 11.8. The zero-order valence-corrected chi connectivity index (χ0v) is 12.5. The maximum Gasteiger partial charge on any atom is 0.256 e. The average molecular weight is 289 g/mol. The Morgan fingerprint density at radius 2 is 1.85 bits per heavy atom. The first-order valence-electron chi connectivity index (χ1n) is 6.93. The van der Waals surface area contributed by atoms with Crippen LogP contribution < -0.4 is 4.90 Å². The van der Waals surface area contributed by atoms with Gasteiger partial charge in [-0.3, -0.25) is 4.79 Å². The Balaban J connectivity index is 2.29. The summed E-state index contributed by atoms with van der Waals surface area (Å²) in [6.07, 6.45) is 2.28. The normalized spacial score (nSPS) is 15.1. The van der Waals surface area contributed by atoms with Crippen molar-refractivity contribution in [3.8, 4) is 0 Å². The second-order valence-electron chi connectivity index (χ2n) is 5.42. The fourth-order valence-electron chi connectivity index (χ4n) is 2.84. The molecule has 3 rings (SSSR count). The third-order valence-corrected chi connectivity index (χ3v) is 4.21. The van der Waals surface area contributed by atoms with E-state index in [9.17, 15) is 4.79 Å². The summed E-state index contributed by atoms with van der Waals surface area (Å²) in [4.78, 5) is 18.7. The molecule has 0 saturated carbocycles. The van der Waals surface area contributed by atoms with E-state index in [-0.39, 0.29) is 0 Å². The first-order valence-corrected chi connectivity index (χ1v) is 7.31. The van der Waals surface area contributed by atoms with Crippen molar-refractivity contribution in [3.63, 3.8) is 0 Å². The van der Waals surface area contributed by atoms with Gasteiger partial charge in [-0.2, -0.15) is 0 Å². The Morgan fingerprint density at radius 1 is 1.20 bits per heavy atom. The topological polar surface area (TPSA) is 33.2 Å². The minimum atomic E-state index is -0.429. The number of hydrogen-bond acceptors (Lipinski definition) is 3. The Hall–Kier alpha value is -1.61. The number of nitrogens with zero attached hydrogens (tertiary/aromatic N) is 2. The number of benzene rings is 1. The van der Waals surface area contributed by atoms with Crippen LogP contribution in [0.2, 0.25) is 0 Å². The van der Waals surface area contributed by atoms with Crippen LogP contribution in [0.1, 0.15) is 34.3 Å². The van der Waals surface area contributed by atoms with E-state index < -0.39 is 5.24 Å². The molecule has 1 aliphatic heterocycles. The number of aryl methyl sites for hydroxylation is 2. The van der Waals surface area contributed by atoms with Crippen molar-refractivity contribution in [1.29, 1.82) is 0 Å². The smallest absolute Gasteiger partial charge is 0.256 e. The Kier molecular flexibility index (Phi) is 3.38. The molecule has 1 aromatic heterocycles. The van der Waals surface area contributed by atoms with E-state index in [0.717, 1.165) is 53.8 Å². The van der Waals surface area contributed by atoms with E-state index in [2.05, 4.69) is 17.0 Å². The van der Waals surface area contributed by atoms with Crippen molar-refractivity contribution in [3.05, 3.63) is 34.9 Å². The quantitative estimate of drug-likeness (QED) is 0.788. The average Bonchev–Trinajstić information content (AvgIpc) is 2.95. The lowest BCUT2D eigenvalue weighted by Gasteiger charge is -2.20. The van der Waals surface area contributed by atoms with Crippen LogP contribution in [0.5, 0.6) is 0 Å². The maximum atomic E-state index is 11.8. The molecule has 0 unspecified atom stereocenters. The summed E-state index contributed by atoms with van der Waals surface area (Å²) in [7, 11) is 0. The molecule has 2 aromatic rings. The number of pyridine rings is 1. The van der Waals surface area contributed by atoms with Crippen LogP contribution >= 0.6 is 11.6 Å². The number of halogens is 1. The molecule has 0 aliphatic carbocycles. The molecule has 3 nitrogen and oxygen atoms in total. The van der Waals surface area contributed by atoms with E-state index >= 15 is 0 Å². The summed E-state index contributed by atoms with van der Waals surface area (Å²) >= 11 is 5.77. The van der Waals surface area contributed by atoms with Crippen LogP contribution in [0.4, 0.5) is 5.82 Å². The van der Waals surface area contributed by atoms with Gasteiger partial charge in [-0.05, 0) is 55.5 Å². The number of hydrogen-bond donors (Lipinski definition) is 0. The molecule has 4 heteroatoms. The predicted molar refractivity (Wildman–Crippen MR) is 82.8 cm³/mol. The van der Waals surface area contributed by atoms with Crippen LogP contribution in [0, 0.1) is 13.8 Å². The zero-order chi connectivity index (χ0) is 14.3. The van der Waals surface area contributed by atoms with Crippen molar-refractivity contribution in [1.82, 2.24) is 4.98 Å². The molecule has 20 heavy (non-hydrogen) atoms. The molecule has 1 aliphatic rings. The largest absolute Gasteiger partial charge is 0.356 e. The third-order valence-electron chi connectivity index (χ3n) is 4.00. The van der Waals surface area contributed by atoms with Gasteiger partial charge in [0.05, 0.1) is 11.1 Å². The number of anilines is 1. The highest BCUT2D eigenvalue weighted by atomic mass is 35.5. The van der Waals surface area contributed by atoms with Crippen LogP contribution in [0.25, 0.3) is 10.9 Å². The van der Waals surface area contributed by atoms with E-state index in [0.29, 0.717) is 5.56 Å². The molecule has 0 spiro atoms. The molecule has 0 amide bonds. The minimum Gasteiger partial charge on any atom is -0.356 e. The van der Waals surface area contributed by atoms with Gasteiger partial charge in [0.15, 0.2) is 0 Å². The van der Waals surface area contributed by atoms with Gasteiger partial charge in [-0.1, -0.05) is 12.1 Å². The van der Waals surface area contributed by atoms with Gasteiger partial charge < -0.3 is 4.90 Å². The van der Waals surface area contributed by atoms with Gasteiger partial charge in [0, 0.05) is 18.5 Å². The monoisotopic (exact) mass is 288 g/mol. The zero-order valence-electron chi connectivity index (χ0n) is 11.7. The lowest BCUT2D eigenvalue weighted by atomic mass is 10.0. The van der Waals surface area contributed by atoms with Crippen LogP contribution in [-0.4, -0.2) is 23.3 Å². The summed E-state index contributed by atoms with van der Waals surface area (Å²) < 4.78 is 0. The first-order chi connectivity index (χ1) is 9.58. The summed E-state index contributed by atoms with van der Waals surface area (Å²) in [5.74, 6) is 0.740. The molecule has 0 bridgehead atoms. The number of aromatic nitrogens is 1. The highest BCUT2D eigenvalue weighted by Gasteiger charge is 2.21. The fraction of sp³-hybridized carbons (Fsp3) is 0.375. The van der Waals surface area contributed by atoms with E-state index in [1.165, 1.54) is 0 Å². The van der Waals surface area contributed by atoms with Crippen molar-refractivity contribution in [2.24, 2.45) is 0 Å². The molecular formula is C16H17ClN2O. The van der Waals surface area contributed by atoms with Crippen LogP contribution in [0.15, 0.2) is 18.2 Å². The van der Waals surface area contributed by atoms with E-state index in [1.54, 1.807) is 0 Å². The number of rotatable bonds is 2. The number of carbonyl (C=O) groups excluding carboxylic acids is 1.